The molecule has 1 saturated carbocycles. The fraction of sp³-hybridized carbons (Fsp3) is 0.667. The van der Waals surface area contributed by atoms with Gasteiger partial charge in [-0.25, -0.2) is 4.79 Å². The number of aromatic nitrogens is 1. The third kappa shape index (κ3) is 3.73. The molecule has 100 valence electrons. The molecule has 1 heterocycles. The van der Waals surface area contributed by atoms with Crippen LogP contribution >= 0.6 is 0 Å². The Morgan fingerprint density at radius 1 is 1.50 bits per heavy atom. The van der Waals surface area contributed by atoms with Crippen LogP contribution < -0.4 is 5.32 Å². The summed E-state index contributed by atoms with van der Waals surface area (Å²) in [5.74, 6) is -1.09. The summed E-state index contributed by atoms with van der Waals surface area (Å²) >= 11 is 0. The second kappa shape index (κ2) is 6.39. The Kier molecular flexibility index (Phi) is 4.58. The number of carbonyl (C=O) groups is 1. The van der Waals surface area contributed by atoms with E-state index in [1.165, 1.54) is 19.3 Å². The lowest BCUT2D eigenvalue weighted by Crippen LogP contribution is -2.20. The number of ether oxygens (including phenoxy) is 1. The molecule has 0 spiro atoms. The van der Waals surface area contributed by atoms with Gasteiger partial charge in [0, 0.05) is 6.54 Å². The van der Waals surface area contributed by atoms with Crippen molar-refractivity contribution in [1.29, 1.82) is 0 Å². The molecule has 0 unspecified atom stereocenters. The molecule has 0 atom stereocenters. The Labute approximate surface area is 105 Å². The summed E-state index contributed by atoms with van der Waals surface area (Å²) < 4.78 is 10.7. The fourth-order valence-corrected chi connectivity index (χ4v) is 2.07. The minimum atomic E-state index is -1.09. The molecule has 0 aliphatic heterocycles. The number of carboxylic acids is 1. The predicted octanol–water partition coefficient (Wildman–Crippen LogP) is 2.13. The summed E-state index contributed by atoms with van der Waals surface area (Å²) in [6.45, 7) is 1.14. The van der Waals surface area contributed by atoms with Crippen LogP contribution in [-0.4, -0.2) is 35.3 Å². The van der Waals surface area contributed by atoms with E-state index in [1.807, 2.05) is 0 Å². The van der Waals surface area contributed by atoms with Crippen molar-refractivity contribution >= 4 is 12.0 Å². The van der Waals surface area contributed by atoms with Crippen LogP contribution in [0.25, 0.3) is 0 Å². The standard InChI is InChI=1S/C12H18N2O4/c15-11(16)10-8-18-12(14-10)13-6-7-17-9-4-2-1-3-5-9/h8-9H,1-7H2,(H,13,14)(H,15,16). The van der Waals surface area contributed by atoms with E-state index in [9.17, 15) is 4.79 Å². The molecular weight excluding hydrogens is 236 g/mol. The molecule has 2 N–H and O–H groups in total. The zero-order valence-electron chi connectivity index (χ0n) is 10.2. The largest absolute Gasteiger partial charge is 0.476 e. The third-order valence-electron chi connectivity index (χ3n) is 3.01. The lowest BCUT2D eigenvalue weighted by Gasteiger charge is -2.21. The Bertz CT molecular complexity index is 385. The van der Waals surface area contributed by atoms with Gasteiger partial charge in [-0.15, -0.1) is 0 Å². The van der Waals surface area contributed by atoms with Crippen LogP contribution in [0.3, 0.4) is 0 Å². The number of nitrogens with zero attached hydrogens (tertiary/aromatic N) is 1. The first-order valence-electron chi connectivity index (χ1n) is 6.30. The number of aromatic carboxylic acids is 1. The van der Waals surface area contributed by atoms with Gasteiger partial charge in [-0.3, -0.25) is 0 Å². The normalized spacial score (nSPS) is 16.7. The van der Waals surface area contributed by atoms with Crippen molar-refractivity contribution in [2.75, 3.05) is 18.5 Å². The monoisotopic (exact) mass is 254 g/mol. The molecule has 6 nitrogen and oxygen atoms in total. The van der Waals surface area contributed by atoms with Gasteiger partial charge >= 0.3 is 5.97 Å². The van der Waals surface area contributed by atoms with Crippen LogP contribution in [0.15, 0.2) is 10.7 Å². The third-order valence-corrected chi connectivity index (χ3v) is 3.01. The molecule has 18 heavy (non-hydrogen) atoms. The molecule has 0 saturated heterocycles. The number of rotatable bonds is 6. The van der Waals surface area contributed by atoms with Gasteiger partial charge in [0.1, 0.15) is 6.26 Å². The second-order valence-electron chi connectivity index (χ2n) is 4.40. The maximum atomic E-state index is 10.6. The first-order chi connectivity index (χ1) is 8.75. The summed E-state index contributed by atoms with van der Waals surface area (Å²) in [6, 6.07) is 0.222. The van der Waals surface area contributed by atoms with Gasteiger partial charge in [-0.1, -0.05) is 19.3 Å². The van der Waals surface area contributed by atoms with E-state index in [2.05, 4.69) is 10.3 Å². The number of hydrogen-bond donors (Lipinski definition) is 2. The molecule has 0 radical (unpaired) electrons. The smallest absolute Gasteiger partial charge is 0.357 e. The van der Waals surface area contributed by atoms with E-state index in [0.717, 1.165) is 19.1 Å². The van der Waals surface area contributed by atoms with E-state index in [-0.39, 0.29) is 11.7 Å². The fourth-order valence-electron chi connectivity index (χ4n) is 2.07. The van der Waals surface area contributed by atoms with Crippen LogP contribution in [0, 0.1) is 0 Å². The quantitative estimate of drug-likeness (QED) is 0.756. The zero-order chi connectivity index (χ0) is 12.8. The van der Waals surface area contributed by atoms with E-state index >= 15 is 0 Å². The first-order valence-corrected chi connectivity index (χ1v) is 6.30. The number of oxazole rings is 1. The molecule has 0 bridgehead atoms. The van der Waals surface area contributed by atoms with Gasteiger partial charge in [-0.2, -0.15) is 4.98 Å². The molecule has 1 aliphatic rings. The molecule has 0 aromatic carbocycles. The van der Waals surface area contributed by atoms with Crippen molar-refractivity contribution < 1.29 is 19.1 Å². The summed E-state index contributed by atoms with van der Waals surface area (Å²) in [4.78, 5) is 14.3. The van der Waals surface area contributed by atoms with Crippen molar-refractivity contribution in [3.63, 3.8) is 0 Å². The highest BCUT2D eigenvalue weighted by atomic mass is 16.5. The highest BCUT2D eigenvalue weighted by Crippen LogP contribution is 2.20. The highest BCUT2D eigenvalue weighted by molar-refractivity contribution is 5.85. The minimum absolute atomic E-state index is 0.0919. The molecule has 6 heteroatoms. The molecule has 1 fully saturated rings. The molecule has 2 rings (SSSR count). The minimum Gasteiger partial charge on any atom is -0.476 e. The van der Waals surface area contributed by atoms with E-state index in [1.54, 1.807) is 0 Å². The van der Waals surface area contributed by atoms with Crippen molar-refractivity contribution in [3.05, 3.63) is 12.0 Å². The molecule has 1 aromatic heterocycles. The Hall–Kier alpha value is -1.56. The first kappa shape index (κ1) is 12.9. The maximum Gasteiger partial charge on any atom is 0.357 e. The SMILES string of the molecule is O=C(O)c1coc(NCCOC2CCCCC2)n1. The Morgan fingerprint density at radius 3 is 2.94 bits per heavy atom. The average Bonchev–Trinajstić information content (AvgIpc) is 2.85. The number of carboxylic acid groups (broad SMARTS) is 1. The van der Waals surface area contributed by atoms with Crippen LogP contribution in [0.1, 0.15) is 42.6 Å². The maximum absolute atomic E-state index is 10.6. The molecule has 1 aliphatic carbocycles. The van der Waals surface area contributed by atoms with Gasteiger partial charge < -0.3 is 19.6 Å². The molecular formula is C12H18N2O4. The van der Waals surface area contributed by atoms with Gasteiger partial charge in [0.25, 0.3) is 6.01 Å². The molecule has 0 amide bonds. The summed E-state index contributed by atoms with van der Waals surface area (Å²) in [7, 11) is 0. The average molecular weight is 254 g/mol. The van der Waals surface area contributed by atoms with Crippen molar-refractivity contribution in [2.24, 2.45) is 0 Å². The second-order valence-corrected chi connectivity index (χ2v) is 4.40. The van der Waals surface area contributed by atoms with Gasteiger partial charge in [-0.05, 0) is 12.8 Å². The lowest BCUT2D eigenvalue weighted by molar-refractivity contribution is 0.0346. The summed E-state index contributed by atoms with van der Waals surface area (Å²) in [5, 5.41) is 11.6. The summed E-state index contributed by atoms with van der Waals surface area (Å²) in [5.41, 5.74) is -0.0919. The van der Waals surface area contributed by atoms with Gasteiger partial charge in [0.15, 0.2) is 5.69 Å². The van der Waals surface area contributed by atoms with Crippen molar-refractivity contribution in [2.45, 2.75) is 38.2 Å². The zero-order valence-corrected chi connectivity index (χ0v) is 10.2. The Morgan fingerprint density at radius 2 is 2.28 bits per heavy atom. The topological polar surface area (TPSA) is 84.6 Å². The van der Waals surface area contributed by atoms with Crippen LogP contribution in [0.5, 0.6) is 0 Å². The predicted molar refractivity (Wildman–Crippen MR) is 64.8 cm³/mol. The van der Waals surface area contributed by atoms with Crippen LogP contribution in [-0.2, 0) is 4.74 Å². The van der Waals surface area contributed by atoms with Gasteiger partial charge in [0.2, 0.25) is 0 Å². The number of anilines is 1. The van der Waals surface area contributed by atoms with E-state index < -0.39 is 5.97 Å². The lowest BCUT2D eigenvalue weighted by atomic mass is 9.98. The van der Waals surface area contributed by atoms with Gasteiger partial charge in [0.05, 0.1) is 12.7 Å². The Balaban J connectivity index is 1.63. The number of nitrogens with one attached hydrogen (secondary N) is 1. The van der Waals surface area contributed by atoms with Crippen LogP contribution in [0.4, 0.5) is 6.01 Å². The van der Waals surface area contributed by atoms with Crippen LogP contribution in [0.2, 0.25) is 0 Å². The van der Waals surface area contributed by atoms with Crippen molar-refractivity contribution in [3.8, 4) is 0 Å². The highest BCUT2D eigenvalue weighted by Gasteiger charge is 2.13. The number of hydrogen-bond acceptors (Lipinski definition) is 5. The van der Waals surface area contributed by atoms with E-state index in [0.29, 0.717) is 19.3 Å². The van der Waals surface area contributed by atoms with Crippen molar-refractivity contribution in [1.82, 2.24) is 4.98 Å². The molecule has 1 aromatic rings. The summed E-state index contributed by atoms with van der Waals surface area (Å²) in [6.07, 6.45) is 7.59. The van der Waals surface area contributed by atoms with E-state index in [4.69, 9.17) is 14.3 Å².